The number of fused-ring (bicyclic) bond motifs is 3. The molecule has 0 amide bonds. The second-order valence-corrected chi connectivity index (χ2v) is 28.6. The van der Waals surface area contributed by atoms with E-state index < -0.39 is 26.9 Å². The van der Waals surface area contributed by atoms with Gasteiger partial charge in [0.25, 0.3) is 0 Å². The van der Waals surface area contributed by atoms with E-state index >= 15 is 0 Å². The van der Waals surface area contributed by atoms with Crippen LogP contribution in [0.5, 0.6) is 0 Å². The number of hydrogen-bond donors (Lipinski definition) is 1. The summed E-state index contributed by atoms with van der Waals surface area (Å²) in [6.45, 7) is 0. The van der Waals surface area contributed by atoms with Crippen molar-refractivity contribution in [2.24, 2.45) is 0 Å². The van der Waals surface area contributed by atoms with Crippen LogP contribution >= 0.6 is 0 Å². The van der Waals surface area contributed by atoms with Gasteiger partial charge in [0, 0.05) is 0 Å². The Hall–Kier alpha value is -2.43. The number of hydrogen-bond acceptors (Lipinski definition) is 1. The van der Waals surface area contributed by atoms with Gasteiger partial charge in [-0.2, -0.15) is 0 Å². The number of benzene rings is 5. The van der Waals surface area contributed by atoms with Crippen LogP contribution in [0.2, 0.25) is 0 Å². The second-order valence-electron chi connectivity index (χ2n) is 8.81. The molecule has 5 heteroatoms. The van der Waals surface area contributed by atoms with Crippen molar-refractivity contribution in [2.45, 2.75) is 3.67 Å². The summed E-state index contributed by atoms with van der Waals surface area (Å²) in [6.07, 6.45) is 0. The zero-order valence-corrected chi connectivity index (χ0v) is 25.9. The third-order valence-corrected chi connectivity index (χ3v) is 33.9. The van der Waals surface area contributed by atoms with E-state index in [-0.39, 0.29) is 24.8 Å². The van der Waals surface area contributed by atoms with E-state index in [2.05, 4.69) is 143 Å². The average molecular weight is 690 g/mol. The summed E-state index contributed by atoms with van der Waals surface area (Å²) in [5, 5.41) is 3.11. The molecule has 1 aliphatic rings. The molecule has 0 atom stereocenters. The molecule has 0 aromatic heterocycles. The normalized spacial score (nSPS) is 11.6. The van der Waals surface area contributed by atoms with Crippen molar-refractivity contribution in [3.05, 3.63) is 151 Å². The Morgan fingerprint density at radius 3 is 1.33 bits per heavy atom. The third kappa shape index (κ3) is 5.17. The monoisotopic (exact) mass is 690 g/mol. The van der Waals surface area contributed by atoms with Gasteiger partial charge >= 0.3 is 212 Å². The van der Waals surface area contributed by atoms with Gasteiger partial charge in [-0.05, 0) is 0 Å². The van der Waals surface area contributed by atoms with Crippen LogP contribution in [0.15, 0.2) is 140 Å². The molecule has 0 radical (unpaired) electrons. The summed E-state index contributed by atoms with van der Waals surface area (Å²) in [4.78, 5) is 0. The Balaban J connectivity index is 0.00000152. The van der Waals surface area contributed by atoms with Gasteiger partial charge in [0.05, 0.1) is 0 Å². The zero-order chi connectivity index (χ0) is 22.7. The van der Waals surface area contributed by atoms with Gasteiger partial charge in [0.2, 0.25) is 0 Å². The van der Waals surface area contributed by atoms with Gasteiger partial charge in [-0.3, -0.25) is 0 Å². The van der Waals surface area contributed by atoms with Gasteiger partial charge in [0.1, 0.15) is 0 Å². The molecule has 1 nitrogen and oxygen atoms in total. The number of rotatable bonds is 6. The predicted octanol–water partition coefficient (Wildman–Crippen LogP) is -0.0521. The van der Waals surface area contributed by atoms with Gasteiger partial charge in [-0.15, -0.1) is 0 Å². The molecule has 0 saturated heterocycles. The first kappa shape index (κ1) is 26.6. The van der Waals surface area contributed by atoms with E-state index in [1.165, 1.54) is 27.9 Å². The van der Waals surface area contributed by atoms with E-state index in [1.807, 2.05) is 0 Å². The summed E-state index contributed by atoms with van der Waals surface area (Å²) in [7, 11) is 0. The second kappa shape index (κ2) is 12.2. The molecule has 0 bridgehead atoms. The molecule has 5 aromatic carbocycles. The first-order chi connectivity index (χ1) is 16.9. The molecule has 0 unspecified atom stereocenters. The Kier molecular flexibility index (Phi) is 9.03. The topological polar surface area (TPSA) is 12.0 Å². The Morgan fingerprint density at radius 1 is 0.472 bits per heavy atom. The summed E-state index contributed by atoms with van der Waals surface area (Å²) < 4.78 is 4.77. The molecule has 0 aliphatic heterocycles. The Morgan fingerprint density at radius 2 is 0.861 bits per heavy atom. The Bertz CT molecular complexity index is 1310. The first-order valence-electron chi connectivity index (χ1n) is 11.9. The van der Waals surface area contributed by atoms with Gasteiger partial charge in [-0.1, -0.05) is 0 Å². The van der Waals surface area contributed by atoms with Crippen LogP contribution in [0.1, 0.15) is 14.8 Å². The fourth-order valence-corrected chi connectivity index (χ4v) is 36.0. The number of halogens is 2. The van der Waals surface area contributed by atoms with Crippen LogP contribution in [-0.4, -0.2) is 5.98 Å². The van der Waals surface area contributed by atoms with Crippen molar-refractivity contribution in [2.75, 3.05) is 3.30 Å². The molecule has 36 heavy (non-hydrogen) atoms. The number of para-hydroxylation sites is 1. The molecule has 177 valence electrons. The van der Waals surface area contributed by atoms with Crippen LogP contribution < -0.4 is 38.5 Å². The molecular weight excluding hydrogens is 664 g/mol. The van der Waals surface area contributed by atoms with Gasteiger partial charge < -0.3 is 24.8 Å². The van der Waals surface area contributed by atoms with Gasteiger partial charge in [-0.25, -0.2) is 0 Å². The van der Waals surface area contributed by atoms with E-state index in [1.54, 1.807) is 10.4 Å². The molecule has 0 heterocycles. The number of nitrogens with one attached hydrogen (secondary N) is 1. The average Bonchev–Trinajstić information content (AvgIpc) is 3.24. The molecule has 6 rings (SSSR count). The zero-order valence-electron chi connectivity index (χ0n) is 19.7. The SMILES string of the molecule is [Cl-].[Cl-].c1ccc([NH][Hf+2]([CH]2c3ccccc3-c3ccccc32)[SiH](c2ccccc2)c2ccccc2)cc1. The molecule has 1 aliphatic carbocycles. The maximum atomic E-state index is 4.27. The van der Waals surface area contributed by atoms with Crippen LogP contribution in [0.25, 0.3) is 11.1 Å². The van der Waals surface area contributed by atoms with Crippen molar-refractivity contribution in [3.8, 4) is 11.1 Å². The predicted molar refractivity (Wildman–Crippen MR) is 143 cm³/mol. The molecule has 0 spiro atoms. The summed E-state index contributed by atoms with van der Waals surface area (Å²) >= 11 is -2.69. The minimum absolute atomic E-state index is 0. The van der Waals surface area contributed by atoms with E-state index in [0.717, 1.165) is 0 Å². The maximum absolute atomic E-state index is 4.27. The van der Waals surface area contributed by atoms with Crippen LogP contribution in [0.3, 0.4) is 0 Å². The Labute approximate surface area is 234 Å². The van der Waals surface area contributed by atoms with Crippen LogP contribution in [-0.2, 0) is 20.9 Å². The standard InChI is InChI=1S/C13H9.C12H11Si.C6H6N.2ClH.Hf/c1-3-7-12-10(5-1)9-11-6-2-4-8-13(11)12;1-3-7-11(8-4-1)13-12-9-5-2-6-10-12;7-6-4-2-1-3-5-6;;;/h1-9H;1-10,13H;1-5,7H;2*1H;/q;;-1;;;+3/p-2. The molecule has 0 saturated carbocycles. The number of anilines is 1. The van der Waals surface area contributed by atoms with Crippen molar-refractivity contribution in [1.82, 2.24) is 0 Å². The minimum atomic E-state index is -2.69. The van der Waals surface area contributed by atoms with Crippen molar-refractivity contribution < 1.29 is 45.7 Å². The van der Waals surface area contributed by atoms with Crippen LogP contribution in [0.4, 0.5) is 5.69 Å². The summed E-state index contributed by atoms with van der Waals surface area (Å²) in [5.74, 6) is -1.50. The molecule has 0 fully saturated rings. The van der Waals surface area contributed by atoms with E-state index in [9.17, 15) is 0 Å². The fourth-order valence-electron chi connectivity index (χ4n) is 5.33. The van der Waals surface area contributed by atoms with E-state index in [0.29, 0.717) is 3.67 Å². The third-order valence-electron chi connectivity index (χ3n) is 6.78. The molecule has 1 N–H and O–H groups in total. The molecular formula is C31H26Cl2HfNSi. The van der Waals surface area contributed by atoms with Crippen molar-refractivity contribution >= 4 is 22.0 Å². The summed E-state index contributed by atoms with van der Waals surface area (Å²) in [6, 6.07) is 51.9. The quantitative estimate of drug-likeness (QED) is 0.247. The molecule has 5 aromatic rings. The first-order valence-corrected chi connectivity index (χ1v) is 23.7. The van der Waals surface area contributed by atoms with Crippen molar-refractivity contribution in [3.63, 3.8) is 0 Å². The van der Waals surface area contributed by atoms with Crippen molar-refractivity contribution in [1.29, 1.82) is 0 Å². The summed E-state index contributed by atoms with van der Waals surface area (Å²) in [5.41, 5.74) is 7.18. The van der Waals surface area contributed by atoms with Gasteiger partial charge in [0.15, 0.2) is 0 Å². The van der Waals surface area contributed by atoms with Crippen LogP contribution in [0, 0.1) is 0 Å². The van der Waals surface area contributed by atoms with E-state index in [4.69, 9.17) is 0 Å². The fraction of sp³-hybridized carbons (Fsp3) is 0.0323.